The van der Waals surface area contributed by atoms with Crippen LogP contribution in [-0.4, -0.2) is 22.8 Å². The van der Waals surface area contributed by atoms with E-state index in [1.54, 1.807) is 30.4 Å². The van der Waals surface area contributed by atoms with Crippen LogP contribution in [0.15, 0.2) is 42.7 Å². The first-order valence-corrected chi connectivity index (χ1v) is 6.97. The second kappa shape index (κ2) is 6.48. The molecule has 1 atom stereocenters. The van der Waals surface area contributed by atoms with Gasteiger partial charge < -0.3 is 4.90 Å². The Morgan fingerprint density at radius 3 is 2.57 bits per heavy atom. The van der Waals surface area contributed by atoms with Crippen molar-refractivity contribution in [3.63, 3.8) is 0 Å². The molecule has 0 spiro atoms. The smallest absolute Gasteiger partial charge is 0.254 e. The van der Waals surface area contributed by atoms with Crippen LogP contribution in [0.5, 0.6) is 0 Å². The summed E-state index contributed by atoms with van der Waals surface area (Å²) in [6.45, 7) is 3.83. The standard InChI is InChI=1S/C17H19FN2O/c1-4-16(13-7-9-19-10-8-13)20(3)17(21)15-11-14(18)6-5-12(15)2/h5-11,16H,4H2,1-3H3. The van der Waals surface area contributed by atoms with Crippen molar-refractivity contribution in [3.05, 3.63) is 65.2 Å². The molecule has 21 heavy (non-hydrogen) atoms. The van der Waals surface area contributed by atoms with Gasteiger partial charge in [0.1, 0.15) is 5.82 Å². The van der Waals surface area contributed by atoms with Gasteiger partial charge in [-0.15, -0.1) is 0 Å². The minimum absolute atomic E-state index is 0.0526. The average molecular weight is 286 g/mol. The summed E-state index contributed by atoms with van der Waals surface area (Å²) in [5.74, 6) is -0.565. The maximum atomic E-state index is 13.4. The predicted molar refractivity (Wildman–Crippen MR) is 80.5 cm³/mol. The summed E-state index contributed by atoms with van der Waals surface area (Å²) < 4.78 is 13.4. The molecule has 110 valence electrons. The number of hydrogen-bond acceptors (Lipinski definition) is 2. The Morgan fingerprint density at radius 2 is 1.95 bits per heavy atom. The SMILES string of the molecule is CCC(c1ccncc1)N(C)C(=O)c1cc(F)ccc1C. The van der Waals surface area contributed by atoms with Crippen molar-refractivity contribution in [2.24, 2.45) is 0 Å². The van der Waals surface area contributed by atoms with Gasteiger partial charge in [0.2, 0.25) is 0 Å². The molecule has 1 aromatic carbocycles. The molecule has 0 radical (unpaired) electrons. The van der Waals surface area contributed by atoms with Crippen LogP contribution in [0.25, 0.3) is 0 Å². The molecular weight excluding hydrogens is 267 g/mol. The van der Waals surface area contributed by atoms with Crippen LogP contribution in [0.2, 0.25) is 0 Å². The van der Waals surface area contributed by atoms with E-state index < -0.39 is 5.82 Å². The third kappa shape index (κ3) is 3.27. The molecule has 0 fully saturated rings. The highest BCUT2D eigenvalue weighted by Gasteiger charge is 2.22. The summed E-state index contributed by atoms with van der Waals surface area (Å²) >= 11 is 0. The molecule has 0 aliphatic heterocycles. The molecule has 0 saturated carbocycles. The van der Waals surface area contributed by atoms with Crippen molar-refractivity contribution in [2.45, 2.75) is 26.3 Å². The Hall–Kier alpha value is -2.23. The fourth-order valence-corrected chi connectivity index (χ4v) is 2.47. The number of aromatic nitrogens is 1. The number of amides is 1. The molecule has 1 heterocycles. The van der Waals surface area contributed by atoms with E-state index in [1.165, 1.54) is 12.1 Å². The van der Waals surface area contributed by atoms with E-state index >= 15 is 0 Å². The number of nitrogens with zero attached hydrogens (tertiary/aromatic N) is 2. The van der Waals surface area contributed by atoms with Crippen LogP contribution in [-0.2, 0) is 0 Å². The van der Waals surface area contributed by atoms with Crippen molar-refractivity contribution in [1.29, 1.82) is 0 Å². The normalized spacial score (nSPS) is 12.0. The molecule has 2 rings (SSSR count). The molecule has 1 aromatic heterocycles. The highest BCUT2D eigenvalue weighted by Crippen LogP contribution is 2.25. The molecule has 0 aliphatic rings. The van der Waals surface area contributed by atoms with Gasteiger partial charge >= 0.3 is 0 Å². The lowest BCUT2D eigenvalue weighted by molar-refractivity contribution is 0.0725. The topological polar surface area (TPSA) is 33.2 Å². The number of hydrogen-bond donors (Lipinski definition) is 0. The van der Waals surface area contributed by atoms with Crippen LogP contribution < -0.4 is 0 Å². The number of pyridine rings is 1. The Balaban J connectivity index is 2.31. The van der Waals surface area contributed by atoms with Gasteiger partial charge in [-0.2, -0.15) is 0 Å². The molecule has 0 saturated heterocycles. The van der Waals surface area contributed by atoms with Crippen LogP contribution in [0.1, 0.15) is 40.9 Å². The summed E-state index contributed by atoms with van der Waals surface area (Å²) in [7, 11) is 1.75. The molecule has 3 nitrogen and oxygen atoms in total. The van der Waals surface area contributed by atoms with Gasteiger partial charge in [0, 0.05) is 25.0 Å². The van der Waals surface area contributed by atoms with Crippen LogP contribution in [0.3, 0.4) is 0 Å². The predicted octanol–water partition coefficient (Wildman–Crippen LogP) is 3.75. The van der Waals surface area contributed by atoms with E-state index in [4.69, 9.17) is 0 Å². The van der Waals surface area contributed by atoms with E-state index in [9.17, 15) is 9.18 Å². The number of carbonyl (C=O) groups is 1. The second-order valence-corrected chi connectivity index (χ2v) is 5.08. The van der Waals surface area contributed by atoms with Crippen molar-refractivity contribution < 1.29 is 9.18 Å². The lowest BCUT2D eigenvalue weighted by atomic mass is 10.0. The second-order valence-electron chi connectivity index (χ2n) is 5.08. The maximum Gasteiger partial charge on any atom is 0.254 e. The minimum Gasteiger partial charge on any atom is -0.335 e. The molecule has 4 heteroatoms. The van der Waals surface area contributed by atoms with E-state index in [2.05, 4.69) is 4.98 Å². The Kier molecular flexibility index (Phi) is 4.68. The third-order valence-electron chi connectivity index (χ3n) is 3.70. The van der Waals surface area contributed by atoms with Gasteiger partial charge in [0.05, 0.1) is 6.04 Å². The minimum atomic E-state index is -0.394. The van der Waals surface area contributed by atoms with Gasteiger partial charge in [0.15, 0.2) is 0 Å². The van der Waals surface area contributed by atoms with Crippen LogP contribution in [0.4, 0.5) is 4.39 Å². The van der Waals surface area contributed by atoms with Crippen LogP contribution in [0, 0.1) is 12.7 Å². The fourth-order valence-electron chi connectivity index (χ4n) is 2.47. The van der Waals surface area contributed by atoms with Gasteiger partial charge in [-0.25, -0.2) is 4.39 Å². The zero-order valence-electron chi connectivity index (χ0n) is 12.5. The largest absolute Gasteiger partial charge is 0.335 e. The average Bonchev–Trinajstić information content (AvgIpc) is 2.50. The van der Waals surface area contributed by atoms with E-state index in [1.807, 2.05) is 26.0 Å². The number of benzene rings is 1. The number of halogens is 1. The summed E-state index contributed by atoms with van der Waals surface area (Å²) in [5.41, 5.74) is 2.21. The van der Waals surface area contributed by atoms with Crippen molar-refractivity contribution >= 4 is 5.91 Å². The molecule has 0 N–H and O–H groups in total. The molecular formula is C17H19FN2O. The lowest BCUT2D eigenvalue weighted by Crippen LogP contribution is -2.31. The zero-order chi connectivity index (χ0) is 15.4. The van der Waals surface area contributed by atoms with E-state index in [0.29, 0.717) is 5.56 Å². The third-order valence-corrected chi connectivity index (χ3v) is 3.70. The first-order chi connectivity index (χ1) is 10.0. The Labute approximate surface area is 124 Å². The highest BCUT2D eigenvalue weighted by molar-refractivity contribution is 5.95. The number of carbonyl (C=O) groups excluding carboxylic acids is 1. The van der Waals surface area contributed by atoms with Gasteiger partial charge in [-0.3, -0.25) is 9.78 Å². The fraction of sp³-hybridized carbons (Fsp3) is 0.294. The zero-order valence-corrected chi connectivity index (χ0v) is 12.5. The monoisotopic (exact) mass is 286 g/mol. The Bertz CT molecular complexity index is 628. The van der Waals surface area contributed by atoms with E-state index in [-0.39, 0.29) is 11.9 Å². The number of aryl methyl sites for hydroxylation is 1. The van der Waals surface area contributed by atoms with Crippen molar-refractivity contribution in [2.75, 3.05) is 7.05 Å². The lowest BCUT2D eigenvalue weighted by Gasteiger charge is -2.28. The van der Waals surface area contributed by atoms with E-state index in [0.717, 1.165) is 17.5 Å². The molecule has 1 amide bonds. The van der Waals surface area contributed by atoms with Crippen molar-refractivity contribution in [3.8, 4) is 0 Å². The molecule has 2 aromatic rings. The molecule has 0 bridgehead atoms. The van der Waals surface area contributed by atoms with Crippen LogP contribution >= 0.6 is 0 Å². The summed E-state index contributed by atoms with van der Waals surface area (Å²) in [6.07, 6.45) is 4.20. The number of rotatable bonds is 4. The Morgan fingerprint density at radius 1 is 1.29 bits per heavy atom. The maximum absolute atomic E-state index is 13.4. The first kappa shape index (κ1) is 15.2. The summed E-state index contributed by atoms with van der Waals surface area (Å²) in [4.78, 5) is 18.3. The summed E-state index contributed by atoms with van der Waals surface area (Å²) in [6, 6.07) is 8.04. The molecule has 0 aliphatic carbocycles. The molecule has 1 unspecified atom stereocenters. The van der Waals surface area contributed by atoms with Crippen molar-refractivity contribution in [1.82, 2.24) is 9.88 Å². The van der Waals surface area contributed by atoms with Gasteiger partial charge in [0.25, 0.3) is 5.91 Å². The highest BCUT2D eigenvalue weighted by atomic mass is 19.1. The first-order valence-electron chi connectivity index (χ1n) is 6.97. The van der Waals surface area contributed by atoms with Gasteiger partial charge in [-0.1, -0.05) is 13.0 Å². The quantitative estimate of drug-likeness (QED) is 0.857. The summed E-state index contributed by atoms with van der Waals surface area (Å²) in [5, 5.41) is 0. The van der Waals surface area contributed by atoms with Gasteiger partial charge in [-0.05, 0) is 48.7 Å².